The molecule has 5 nitrogen and oxygen atoms in total. The summed E-state index contributed by atoms with van der Waals surface area (Å²) in [4.78, 5) is 0.294. The van der Waals surface area contributed by atoms with Crippen LogP contribution in [-0.2, 0) is 25.3 Å². The maximum absolute atomic E-state index is 12.4. The van der Waals surface area contributed by atoms with Crippen molar-refractivity contribution < 1.29 is 16.8 Å². The number of hydrogen-bond donors (Lipinski definition) is 1. The van der Waals surface area contributed by atoms with Crippen molar-refractivity contribution >= 4 is 25.5 Å². The summed E-state index contributed by atoms with van der Waals surface area (Å²) in [5, 5.41) is 0. The molecule has 2 aromatic rings. The number of sulfonamides is 1. The Morgan fingerprint density at radius 1 is 0.750 bits per heavy atom. The van der Waals surface area contributed by atoms with Crippen LogP contribution in [0, 0.1) is 0 Å². The van der Waals surface area contributed by atoms with Crippen LogP contribution in [0.5, 0.6) is 0 Å². The highest BCUT2D eigenvalue weighted by Crippen LogP contribution is 2.24. The molecular formula is C17H21NO4S2. The number of anilines is 1. The van der Waals surface area contributed by atoms with E-state index in [4.69, 9.17) is 0 Å². The molecular weight excluding hydrogens is 346 g/mol. The fourth-order valence-corrected chi connectivity index (χ4v) is 3.81. The molecule has 0 aliphatic carbocycles. The summed E-state index contributed by atoms with van der Waals surface area (Å²) in [6.07, 6.45) is 1.10. The minimum absolute atomic E-state index is 0.0583. The van der Waals surface area contributed by atoms with Gasteiger partial charge in [-0.1, -0.05) is 32.9 Å². The van der Waals surface area contributed by atoms with E-state index in [-0.39, 0.29) is 15.2 Å². The molecule has 0 saturated carbocycles. The largest absolute Gasteiger partial charge is 0.280 e. The standard InChI is InChI=1S/C17H21NO4S2/c1-17(2,3)13-5-9-16(10-6-13)24(21,22)18-14-7-11-15(12-8-14)23(4,19)20/h5-12,18H,1-4H3. The highest BCUT2D eigenvalue weighted by molar-refractivity contribution is 7.92. The van der Waals surface area contributed by atoms with Gasteiger partial charge in [-0.2, -0.15) is 0 Å². The minimum Gasteiger partial charge on any atom is -0.280 e. The average molecular weight is 367 g/mol. The summed E-state index contributed by atoms with van der Waals surface area (Å²) >= 11 is 0. The number of hydrogen-bond acceptors (Lipinski definition) is 4. The molecule has 7 heteroatoms. The first-order valence-electron chi connectivity index (χ1n) is 7.33. The van der Waals surface area contributed by atoms with Crippen LogP contribution < -0.4 is 4.72 Å². The summed E-state index contributed by atoms with van der Waals surface area (Å²) in [6.45, 7) is 6.16. The molecule has 0 fully saturated rings. The molecule has 0 saturated heterocycles. The smallest absolute Gasteiger partial charge is 0.261 e. The minimum atomic E-state index is -3.72. The predicted molar refractivity (Wildman–Crippen MR) is 95.5 cm³/mol. The van der Waals surface area contributed by atoms with Crippen molar-refractivity contribution in [2.45, 2.75) is 36.0 Å². The van der Waals surface area contributed by atoms with Crippen molar-refractivity contribution in [1.82, 2.24) is 0 Å². The van der Waals surface area contributed by atoms with E-state index in [1.54, 1.807) is 24.3 Å². The Kier molecular flexibility index (Phi) is 4.79. The van der Waals surface area contributed by atoms with Crippen LogP contribution in [0.15, 0.2) is 58.3 Å². The molecule has 2 aromatic carbocycles. The lowest BCUT2D eigenvalue weighted by Gasteiger charge is -2.19. The molecule has 0 atom stereocenters. The van der Waals surface area contributed by atoms with E-state index in [9.17, 15) is 16.8 Å². The van der Waals surface area contributed by atoms with Gasteiger partial charge < -0.3 is 0 Å². The lowest BCUT2D eigenvalue weighted by molar-refractivity contribution is 0.587. The van der Waals surface area contributed by atoms with E-state index in [0.717, 1.165) is 11.8 Å². The van der Waals surface area contributed by atoms with E-state index >= 15 is 0 Å². The Bertz CT molecular complexity index is 922. The van der Waals surface area contributed by atoms with Gasteiger partial charge in [0.05, 0.1) is 9.79 Å². The van der Waals surface area contributed by atoms with Crippen LogP contribution in [0.1, 0.15) is 26.3 Å². The van der Waals surface area contributed by atoms with Gasteiger partial charge in [0.25, 0.3) is 10.0 Å². The van der Waals surface area contributed by atoms with Gasteiger partial charge in [-0.3, -0.25) is 4.72 Å². The zero-order valence-electron chi connectivity index (χ0n) is 14.1. The highest BCUT2D eigenvalue weighted by atomic mass is 32.2. The number of rotatable bonds is 4. The van der Waals surface area contributed by atoms with Crippen LogP contribution in [-0.4, -0.2) is 23.1 Å². The molecule has 0 radical (unpaired) electrons. The molecule has 0 aromatic heterocycles. The SMILES string of the molecule is CC(C)(C)c1ccc(S(=O)(=O)Nc2ccc(S(C)(=O)=O)cc2)cc1. The molecule has 130 valence electrons. The maximum atomic E-state index is 12.4. The third kappa shape index (κ3) is 4.36. The zero-order chi connectivity index (χ0) is 18.2. The summed E-state index contributed by atoms with van der Waals surface area (Å²) < 4.78 is 50.1. The number of nitrogens with one attached hydrogen (secondary N) is 1. The lowest BCUT2D eigenvalue weighted by Crippen LogP contribution is -2.15. The molecule has 0 spiro atoms. The number of sulfone groups is 1. The summed E-state index contributed by atoms with van der Waals surface area (Å²) in [6, 6.07) is 12.3. The Morgan fingerprint density at radius 2 is 1.21 bits per heavy atom. The fraction of sp³-hybridized carbons (Fsp3) is 0.294. The van der Waals surface area contributed by atoms with E-state index in [1.807, 2.05) is 0 Å². The summed E-state index contributed by atoms with van der Waals surface area (Å²) in [5.74, 6) is 0. The van der Waals surface area contributed by atoms with Crippen LogP contribution in [0.2, 0.25) is 0 Å². The van der Waals surface area contributed by atoms with Gasteiger partial charge in [-0.05, 0) is 47.4 Å². The summed E-state index contributed by atoms with van der Waals surface area (Å²) in [7, 11) is -7.03. The van der Waals surface area contributed by atoms with Crippen LogP contribution in [0.25, 0.3) is 0 Å². The molecule has 0 unspecified atom stereocenters. The second-order valence-corrected chi connectivity index (χ2v) is 10.4. The molecule has 0 bridgehead atoms. The van der Waals surface area contributed by atoms with Crippen LogP contribution in [0.4, 0.5) is 5.69 Å². The third-order valence-electron chi connectivity index (χ3n) is 3.57. The zero-order valence-corrected chi connectivity index (χ0v) is 15.7. The van der Waals surface area contributed by atoms with Crippen molar-refractivity contribution in [2.24, 2.45) is 0 Å². The molecule has 2 rings (SSSR count). The monoisotopic (exact) mass is 367 g/mol. The maximum Gasteiger partial charge on any atom is 0.261 e. The van der Waals surface area contributed by atoms with Gasteiger partial charge in [0.1, 0.15) is 0 Å². The topological polar surface area (TPSA) is 80.3 Å². The first-order chi connectivity index (χ1) is 10.9. The first-order valence-corrected chi connectivity index (χ1v) is 10.7. The van der Waals surface area contributed by atoms with Gasteiger partial charge in [-0.15, -0.1) is 0 Å². The van der Waals surface area contributed by atoms with Gasteiger partial charge in [0.2, 0.25) is 0 Å². The molecule has 1 N–H and O–H groups in total. The van der Waals surface area contributed by atoms with Gasteiger partial charge >= 0.3 is 0 Å². The fourth-order valence-electron chi connectivity index (χ4n) is 2.12. The second-order valence-electron chi connectivity index (χ2n) is 6.68. The van der Waals surface area contributed by atoms with E-state index in [0.29, 0.717) is 5.69 Å². The average Bonchev–Trinajstić information content (AvgIpc) is 2.46. The Labute approximate surface area is 143 Å². The molecule has 0 aliphatic heterocycles. The Hall–Kier alpha value is -1.86. The highest BCUT2D eigenvalue weighted by Gasteiger charge is 2.18. The second kappa shape index (κ2) is 6.22. The molecule has 0 amide bonds. The lowest BCUT2D eigenvalue weighted by atomic mass is 9.87. The summed E-state index contributed by atoms with van der Waals surface area (Å²) in [5.41, 5.74) is 1.29. The van der Waals surface area contributed by atoms with Gasteiger partial charge in [-0.25, -0.2) is 16.8 Å². The van der Waals surface area contributed by atoms with Gasteiger partial charge in [0, 0.05) is 11.9 Å². The van der Waals surface area contributed by atoms with Crippen LogP contribution >= 0.6 is 0 Å². The normalized spacial score (nSPS) is 12.8. The van der Waals surface area contributed by atoms with E-state index in [1.165, 1.54) is 24.3 Å². The van der Waals surface area contributed by atoms with Crippen molar-refractivity contribution in [3.63, 3.8) is 0 Å². The Balaban J connectivity index is 2.25. The van der Waals surface area contributed by atoms with Crippen molar-refractivity contribution in [3.05, 3.63) is 54.1 Å². The first kappa shape index (κ1) is 18.5. The van der Waals surface area contributed by atoms with Crippen LogP contribution in [0.3, 0.4) is 0 Å². The van der Waals surface area contributed by atoms with Crippen molar-refractivity contribution in [2.75, 3.05) is 11.0 Å². The molecule has 0 aliphatic rings. The van der Waals surface area contributed by atoms with E-state index in [2.05, 4.69) is 25.5 Å². The van der Waals surface area contributed by atoms with E-state index < -0.39 is 19.9 Å². The quantitative estimate of drug-likeness (QED) is 0.900. The molecule has 0 heterocycles. The predicted octanol–water partition coefficient (Wildman–Crippen LogP) is 3.19. The van der Waals surface area contributed by atoms with Gasteiger partial charge in [0.15, 0.2) is 9.84 Å². The van der Waals surface area contributed by atoms with Crippen molar-refractivity contribution in [1.29, 1.82) is 0 Å². The molecule has 24 heavy (non-hydrogen) atoms. The third-order valence-corrected chi connectivity index (χ3v) is 6.09. The number of benzene rings is 2. The van der Waals surface area contributed by atoms with Crippen molar-refractivity contribution in [3.8, 4) is 0 Å². The Morgan fingerprint density at radius 3 is 1.62 bits per heavy atom.